The first-order valence-corrected chi connectivity index (χ1v) is 13.2. The van der Waals surface area contributed by atoms with Crippen LogP contribution in [0.3, 0.4) is 0 Å². The number of halogens is 4. The third kappa shape index (κ3) is 5.82. The zero-order valence-corrected chi connectivity index (χ0v) is 23.0. The van der Waals surface area contributed by atoms with E-state index in [-0.39, 0.29) is 29.6 Å². The third-order valence-electron chi connectivity index (χ3n) is 6.89. The van der Waals surface area contributed by atoms with E-state index in [9.17, 15) is 23.5 Å². The Labute approximate surface area is 242 Å². The van der Waals surface area contributed by atoms with Gasteiger partial charge in [0.05, 0.1) is 36.2 Å². The molecule has 6 atom stereocenters. The number of carbonyl (C=O) groups excluding carboxylic acids is 1. The van der Waals surface area contributed by atoms with Crippen molar-refractivity contribution in [1.29, 1.82) is 0 Å². The number of carbonyl (C=O) groups is 1. The number of benzene rings is 2. The van der Waals surface area contributed by atoms with Gasteiger partial charge < -0.3 is 23.7 Å². The fraction of sp³-hybridized carbons (Fsp3) is 0.407. The Morgan fingerprint density at radius 1 is 1.21 bits per heavy atom. The summed E-state index contributed by atoms with van der Waals surface area (Å²) in [6.45, 7) is 1.58. The largest absolute Gasteiger partial charge is 0.461 e. The van der Waals surface area contributed by atoms with E-state index in [1.54, 1.807) is 6.92 Å². The molecule has 2 saturated heterocycles. The van der Waals surface area contributed by atoms with Gasteiger partial charge in [-0.3, -0.25) is 0 Å². The van der Waals surface area contributed by atoms with Gasteiger partial charge in [-0.1, -0.05) is 47.0 Å². The van der Waals surface area contributed by atoms with Gasteiger partial charge in [0, 0.05) is 22.6 Å². The highest BCUT2D eigenvalue weighted by Gasteiger charge is 2.51. The summed E-state index contributed by atoms with van der Waals surface area (Å²) in [6, 6.07) is 12.3. The summed E-state index contributed by atoms with van der Waals surface area (Å²) in [6.07, 6.45) is -9.51. The highest BCUT2D eigenvalue weighted by atomic mass is 35.5. The van der Waals surface area contributed by atoms with E-state index in [2.05, 4.69) is 15.1 Å². The van der Waals surface area contributed by atoms with Crippen LogP contribution in [0.1, 0.15) is 46.6 Å². The zero-order valence-electron chi connectivity index (χ0n) is 22.3. The van der Waals surface area contributed by atoms with Crippen molar-refractivity contribution >= 4 is 17.6 Å². The number of hydrogen-bond acceptors (Lipinski definition) is 8. The van der Waals surface area contributed by atoms with Crippen molar-refractivity contribution in [2.24, 2.45) is 5.11 Å². The van der Waals surface area contributed by atoms with E-state index in [0.717, 1.165) is 28.4 Å². The summed E-state index contributed by atoms with van der Waals surface area (Å²) in [5, 5.41) is 8.11. The number of ether oxygens (including phenoxy) is 5. The Hall–Kier alpha value is -3.65. The molecule has 11 nitrogen and oxygen atoms in total. The van der Waals surface area contributed by atoms with Gasteiger partial charge in [-0.2, -0.15) is 18.3 Å². The molecule has 0 aliphatic carbocycles. The zero-order chi connectivity index (χ0) is 30.0. The van der Waals surface area contributed by atoms with Gasteiger partial charge >= 0.3 is 12.1 Å². The Morgan fingerprint density at radius 2 is 1.98 bits per heavy atom. The second-order valence-electron chi connectivity index (χ2n) is 9.41. The third-order valence-corrected chi connectivity index (χ3v) is 7.12. The summed E-state index contributed by atoms with van der Waals surface area (Å²) in [5.74, 6) is -0.864. The number of rotatable bonds is 7. The Bertz CT molecular complexity index is 1480. The Morgan fingerprint density at radius 3 is 2.64 bits per heavy atom. The quantitative estimate of drug-likeness (QED) is 0.140. The second kappa shape index (κ2) is 12.3. The van der Waals surface area contributed by atoms with Gasteiger partial charge in [0.15, 0.2) is 12.0 Å². The van der Waals surface area contributed by atoms with Gasteiger partial charge in [0.2, 0.25) is 0 Å². The fourth-order valence-corrected chi connectivity index (χ4v) is 5.25. The minimum absolute atomic E-state index is 0.000516. The topological polar surface area (TPSA) is 130 Å². The highest BCUT2D eigenvalue weighted by molar-refractivity contribution is 6.30. The van der Waals surface area contributed by atoms with Crippen molar-refractivity contribution in [2.45, 2.75) is 49.8 Å². The molecule has 0 amide bonds. The summed E-state index contributed by atoms with van der Waals surface area (Å²) in [7, 11) is 1.34. The molecule has 3 aromatic rings. The summed E-state index contributed by atoms with van der Waals surface area (Å²) < 4.78 is 72.4. The van der Waals surface area contributed by atoms with Gasteiger partial charge in [0.1, 0.15) is 24.4 Å². The lowest BCUT2D eigenvalue weighted by molar-refractivity contribution is -0.310. The number of azide groups is 1. The molecule has 1 aromatic heterocycles. The number of alkyl halides is 3. The van der Waals surface area contributed by atoms with Crippen LogP contribution in [0, 0.1) is 0 Å². The molecule has 2 aliphatic rings. The highest BCUT2D eigenvalue weighted by Crippen LogP contribution is 2.43. The van der Waals surface area contributed by atoms with Gasteiger partial charge in [-0.15, -0.1) is 0 Å². The van der Waals surface area contributed by atoms with Crippen LogP contribution in [0.2, 0.25) is 5.02 Å². The van der Waals surface area contributed by atoms with Crippen LogP contribution in [-0.4, -0.2) is 60.4 Å². The average Bonchev–Trinajstić information content (AvgIpc) is 3.42. The molecule has 0 spiro atoms. The van der Waals surface area contributed by atoms with E-state index in [1.807, 2.05) is 30.3 Å². The van der Waals surface area contributed by atoms with Crippen molar-refractivity contribution in [3.63, 3.8) is 0 Å². The molecule has 2 aromatic carbocycles. The molecule has 2 aliphatic heterocycles. The molecular weight excluding hydrogens is 583 g/mol. The van der Waals surface area contributed by atoms with E-state index >= 15 is 0 Å². The summed E-state index contributed by atoms with van der Waals surface area (Å²) in [5.41, 5.74) is 8.38. The van der Waals surface area contributed by atoms with Gasteiger partial charge in [0.25, 0.3) is 0 Å². The smallest absolute Gasteiger partial charge is 0.418 e. The molecule has 0 saturated carbocycles. The van der Waals surface area contributed by atoms with Crippen molar-refractivity contribution in [3.05, 3.63) is 92.6 Å². The number of nitrogens with zero attached hydrogens (tertiary/aromatic N) is 5. The number of methoxy groups -OCH3 is 1. The predicted octanol–water partition coefficient (Wildman–Crippen LogP) is 5.97. The molecule has 5 rings (SSSR count). The molecule has 222 valence electrons. The minimum Gasteiger partial charge on any atom is -0.461 e. The number of esters is 1. The van der Waals surface area contributed by atoms with Crippen molar-refractivity contribution in [3.8, 4) is 5.69 Å². The van der Waals surface area contributed by atoms with Crippen LogP contribution < -0.4 is 0 Å². The van der Waals surface area contributed by atoms with E-state index in [0.29, 0.717) is 0 Å². The maximum atomic E-state index is 14.1. The maximum Gasteiger partial charge on any atom is 0.418 e. The molecular formula is C27H25ClF3N5O6. The Balaban J connectivity index is 1.61. The first-order valence-electron chi connectivity index (χ1n) is 12.8. The number of fused-ring (bicyclic) bond motifs is 1. The molecule has 0 bridgehead atoms. The predicted molar refractivity (Wildman–Crippen MR) is 141 cm³/mol. The van der Waals surface area contributed by atoms with Crippen molar-refractivity contribution < 1.29 is 41.7 Å². The number of hydrogen-bond donors (Lipinski definition) is 0. The lowest BCUT2D eigenvalue weighted by atomic mass is 9.90. The summed E-state index contributed by atoms with van der Waals surface area (Å²) in [4.78, 5) is 15.6. The van der Waals surface area contributed by atoms with Crippen LogP contribution >= 0.6 is 11.6 Å². The first-order chi connectivity index (χ1) is 20.2. The number of aromatic nitrogens is 2. The second-order valence-corrected chi connectivity index (χ2v) is 9.85. The minimum atomic E-state index is -4.79. The molecule has 15 heteroatoms. The maximum absolute atomic E-state index is 14.1. The molecule has 2 fully saturated rings. The SMILES string of the molecule is CCOC(=O)c1cc([C@@H]2O[C@@H]3COC(c4ccccc4)O[C@@H]3[C@H](N=[N+]=[N-])[C@H]2OC)n(-c2cc(Cl)ccc2C(F)(F)F)n1. The van der Waals surface area contributed by atoms with Crippen LogP contribution in [0.5, 0.6) is 0 Å². The van der Waals surface area contributed by atoms with E-state index in [4.69, 9.17) is 35.3 Å². The van der Waals surface area contributed by atoms with Crippen LogP contribution in [0.25, 0.3) is 16.1 Å². The average molecular weight is 608 g/mol. The van der Waals surface area contributed by atoms with Crippen LogP contribution in [0.4, 0.5) is 13.2 Å². The van der Waals surface area contributed by atoms with Crippen molar-refractivity contribution in [1.82, 2.24) is 9.78 Å². The lowest BCUT2D eigenvalue weighted by Crippen LogP contribution is -2.59. The van der Waals surface area contributed by atoms with Crippen LogP contribution in [0.15, 0.2) is 59.7 Å². The monoisotopic (exact) mass is 607 g/mol. The fourth-order valence-electron chi connectivity index (χ4n) is 5.09. The summed E-state index contributed by atoms with van der Waals surface area (Å²) >= 11 is 6.11. The van der Waals surface area contributed by atoms with E-state index < -0.39 is 60.1 Å². The lowest BCUT2D eigenvalue weighted by Gasteiger charge is -2.48. The standard InChI is InChI=1S/C27H25ClF3N5O6/c1-3-39-25(37)17-12-19(36(34-17)18-11-15(28)9-10-16(18)27(29,30)31)22-24(38-2)21(33-35-32)23-20(41-22)13-40-26(42-23)14-7-5-4-6-8-14/h4-12,20-24,26H,3,13H2,1-2H3/t20-,21+,22+,23+,24-,26?/m1/s1. The van der Waals surface area contributed by atoms with Crippen molar-refractivity contribution in [2.75, 3.05) is 20.3 Å². The van der Waals surface area contributed by atoms with Crippen LogP contribution in [-0.2, 0) is 29.9 Å². The molecule has 42 heavy (non-hydrogen) atoms. The molecule has 0 N–H and O–H groups in total. The normalized spacial score (nSPS) is 25.8. The van der Waals surface area contributed by atoms with Gasteiger partial charge in [-0.25, -0.2) is 9.48 Å². The first kappa shape index (κ1) is 29.8. The van der Waals surface area contributed by atoms with Gasteiger partial charge in [-0.05, 0) is 36.7 Å². The molecule has 0 radical (unpaired) electrons. The Kier molecular flexibility index (Phi) is 8.73. The molecule has 3 heterocycles. The molecule has 1 unspecified atom stereocenters. The van der Waals surface area contributed by atoms with E-state index in [1.165, 1.54) is 13.2 Å².